The van der Waals surface area contributed by atoms with Crippen LogP contribution in [0.3, 0.4) is 0 Å². The summed E-state index contributed by atoms with van der Waals surface area (Å²) in [5.74, 6) is -0.877. The van der Waals surface area contributed by atoms with Crippen LogP contribution in [0.5, 0.6) is 5.75 Å². The van der Waals surface area contributed by atoms with Gasteiger partial charge in [-0.15, -0.1) is 0 Å². The van der Waals surface area contributed by atoms with E-state index in [-0.39, 0.29) is 35.2 Å². The number of carbonyl (C=O) groups is 1. The van der Waals surface area contributed by atoms with Gasteiger partial charge < -0.3 is 14.8 Å². The molecule has 0 saturated carbocycles. The number of benzene rings is 2. The number of hydrogen-bond acceptors (Lipinski definition) is 5. The second kappa shape index (κ2) is 8.89. The Hall–Kier alpha value is -2.85. The summed E-state index contributed by atoms with van der Waals surface area (Å²) in [6.07, 6.45) is -4.64. The van der Waals surface area contributed by atoms with E-state index in [0.29, 0.717) is 6.07 Å². The largest absolute Gasteiger partial charge is 0.489 e. The third-order valence-corrected chi connectivity index (χ3v) is 3.82. The third kappa shape index (κ3) is 5.33. The van der Waals surface area contributed by atoms with Crippen molar-refractivity contribution in [2.75, 3.05) is 25.6 Å². The molecule has 1 N–H and O–H groups in total. The molecule has 0 atom stereocenters. The zero-order valence-electron chi connectivity index (χ0n) is 14.4. The zero-order valence-corrected chi connectivity index (χ0v) is 15.1. The molecule has 2 aromatic carbocycles. The summed E-state index contributed by atoms with van der Waals surface area (Å²) < 4.78 is 49.1. The maximum absolute atomic E-state index is 13.0. The first-order valence-electron chi connectivity index (χ1n) is 7.71. The van der Waals surface area contributed by atoms with Gasteiger partial charge in [-0.3, -0.25) is 14.9 Å². The molecule has 2 aromatic rings. The van der Waals surface area contributed by atoms with Gasteiger partial charge in [0.1, 0.15) is 17.4 Å². The number of nitro benzene ring substituents is 1. The second-order valence-electron chi connectivity index (χ2n) is 5.43. The molecule has 11 heteroatoms. The number of ether oxygens (including phenoxy) is 2. The number of methoxy groups -OCH3 is 1. The Morgan fingerprint density at radius 3 is 2.54 bits per heavy atom. The van der Waals surface area contributed by atoms with E-state index < -0.39 is 28.3 Å². The minimum atomic E-state index is -4.64. The molecule has 0 saturated heterocycles. The highest BCUT2D eigenvalue weighted by atomic mass is 35.5. The van der Waals surface area contributed by atoms with E-state index in [1.165, 1.54) is 13.2 Å². The van der Waals surface area contributed by atoms with Gasteiger partial charge in [-0.05, 0) is 30.3 Å². The summed E-state index contributed by atoms with van der Waals surface area (Å²) in [5, 5.41) is 13.0. The molecular formula is C17H14ClF3N2O5. The van der Waals surface area contributed by atoms with Crippen LogP contribution in [0, 0.1) is 10.1 Å². The Kier molecular flexibility index (Phi) is 6.81. The van der Waals surface area contributed by atoms with Crippen LogP contribution in [-0.4, -0.2) is 31.2 Å². The third-order valence-electron chi connectivity index (χ3n) is 3.51. The number of carbonyl (C=O) groups excluding carboxylic acids is 1. The van der Waals surface area contributed by atoms with Crippen molar-refractivity contribution in [3.8, 4) is 5.75 Å². The van der Waals surface area contributed by atoms with Gasteiger partial charge in [-0.1, -0.05) is 11.6 Å². The number of rotatable bonds is 7. The average Bonchev–Trinajstić information content (AvgIpc) is 2.62. The van der Waals surface area contributed by atoms with Crippen molar-refractivity contribution in [3.63, 3.8) is 0 Å². The Morgan fingerprint density at radius 1 is 1.21 bits per heavy atom. The van der Waals surface area contributed by atoms with Gasteiger partial charge in [-0.25, -0.2) is 0 Å². The molecule has 0 unspecified atom stereocenters. The summed E-state index contributed by atoms with van der Waals surface area (Å²) in [4.78, 5) is 22.6. The minimum Gasteiger partial charge on any atom is -0.489 e. The molecule has 2 rings (SSSR count). The highest BCUT2D eigenvalue weighted by Crippen LogP contribution is 2.35. The lowest BCUT2D eigenvalue weighted by Gasteiger charge is -2.15. The maximum atomic E-state index is 13.0. The molecule has 0 aliphatic heterocycles. The summed E-state index contributed by atoms with van der Waals surface area (Å²) >= 11 is 5.69. The molecule has 7 nitrogen and oxygen atoms in total. The highest BCUT2D eigenvalue weighted by molar-refractivity contribution is 6.32. The number of nitrogens with one attached hydrogen (secondary N) is 1. The monoisotopic (exact) mass is 418 g/mol. The van der Waals surface area contributed by atoms with E-state index in [2.05, 4.69) is 5.32 Å². The number of hydrogen-bond donors (Lipinski definition) is 1. The molecule has 0 bridgehead atoms. The Bertz CT molecular complexity index is 890. The Balaban J connectivity index is 2.35. The lowest BCUT2D eigenvalue weighted by atomic mass is 10.1. The van der Waals surface area contributed by atoms with Crippen LogP contribution in [0.2, 0.25) is 5.02 Å². The van der Waals surface area contributed by atoms with E-state index >= 15 is 0 Å². The first kappa shape index (κ1) is 21.5. The Morgan fingerprint density at radius 2 is 1.93 bits per heavy atom. The van der Waals surface area contributed by atoms with Crippen LogP contribution in [-0.2, 0) is 10.9 Å². The fourth-order valence-electron chi connectivity index (χ4n) is 2.15. The molecule has 0 aliphatic carbocycles. The van der Waals surface area contributed by atoms with Crippen LogP contribution in [0.25, 0.3) is 0 Å². The van der Waals surface area contributed by atoms with Crippen molar-refractivity contribution < 1.29 is 32.4 Å². The number of nitro groups is 1. The van der Waals surface area contributed by atoms with E-state index in [0.717, 1.165) is 24.3 Å². The predicted octanol–water partition coefficient (Wildman–Crippen LogP) is 4.54. The predicted molar refractivity (Wildman–Crippen MR) is 94.9 cm³/mol. The van der Waals surface area contributed by atoms with Crippen molar-refractivity contribution >= 4 is 28.9 Å². The quantitative estimate of drug-likeness (QED) is 0.405. The molecule has 150 valence electrons. The van der Waals surface area contributed by atoms with Crippen LogP contribution in [0.4, 0.5) is 24.5 Å². The van der Waals surface area contributed by atoms with Gasteiger partial charge in [0.25, 0.3) is 11.6 Å². The van der Waals surface area contributed by atoms with E-state index in [1.54, 1.807) is 0 Å². The van der Waals surface area contributed by atoms with Gasteiger partial charge in [0.2, 0.25) is 0 Å². The van der Waals surface area contributed by atoms with Gasteiger partial charge >= 0.3 is 6.18 Å². The Labute approximate surface area is 162 Å². The fourth-order valence-corrected chi connectivity index (χ4v) is 2.34. The van der Waals surface area contributed by atoms with Crippen molar-refractivity contribution in [2.45, 2.75) is 6.18 Å². The molecule has 28 heavy (non-hydrogen) atoms. The van der Waals surface area contributed by atoms with Crippen LogP contribution >= 0.6 is 11.6 Å². The van der Waals surface area contributed by atoms with Crippen LogP contribution < -0.4 is 10.1 Å². The van der Waals surface area contributed by atoms with Crippen molar-refractivity contribution in [1.82, 2.24) is 0 Å². The van der Waals surface area contributed by atoms with Gasteiger partial charge in [0.15, 0.2) is 0 Å². The second-order valence-corrected chi connectivity index (χ2v) is 5.83. The first-order valence-corrected chi connectivity index (χ1v) is 8.09. The lowest BCUT2D eigenvalue weighted by molar-refractivity contribution is -0.384. The molecule has 0 spiro atoms. The van der Waals surface area contributed by atoms with Crippen LogP contribution in [0.1, 0.15) is 15.9 Å². The molecule has 0 radical (unpaired) electrons. The number of nitrogens with zero attached hydrogens (tertiary/aromatic N) is 1. The van der Waals surface area contributed by atoms with Gasteiger partial charge in [-0.2, -0.15) is 13.2 Å². The van der Waals surface area contributed by atoms with Gasteiger partial charge in [0, 0.05) is 18.7 Å². The average molecular weight is 419 g/mol. The molecule has 0 fully saturated rings. The fraction of sp³-hybridized carbons (Fsp3) is 0.235. The summed E-state index contributed by atoms with van der Waals surface area (Å²) in [7, 11) is 1.42. The van der Waals surface area contributed by atoms with E-state index in [1.807, 2.05) is 0 Å². The molecule has 0 heterocycles. The highest BCUT2D eigenvalue weighted by Gasteiger charge is 2.31. The van der Waals surface area contributed by atoms with Crippen molar-refractivity contribution in [3.05, 3.63) is 62.7 Å². The number of anilines is 1. The number of alkyl halides is 3. The topological polar surface area (TPSA) is 90.7 Å². The molecule has 0 aliphatic rings. The van der Waals surface area contributed by atoms with E-state index in [9.17, 15) is 28.1 Å². The lowest BCUT2D eigenvalue weighted by Crippen LogP contribution is -2.15. The zero-order chi connectivity index (χ0) is 20.9. The molecular weight excluding hydrogens is 405 g/mol. The normalized spacial score (nSPS) is 11.2. The minimum absolute atomic E-state index is 0.0122. The van der Waals surface area contributed by atoms with Crippen molar-refractivity contribution in [2.24, 2.45) is 0 Å². The first-order chi connectivity index (χ1) is 13.1. The number of halogens is 4. The summed E-state index contributed by atoms with van der Waals surface area (Å²) in [6, 6.07) is 5.88. The number of amides is 1. The van der Waals surface area contributed by atoms with Crippen LogP contribution in [0.15, 0.2) is 36.4 Å². The molecule has 1 amide bonds. The SMILES string of the molecule is COCCOc1ccc(C(F)(F)F)cc1NC(=O)c1ccc(Cl)c([N+](=O)[O-])c1. The maximum Gasteiger partial charge on any atom is 0.416 e. The van der Waals surface area contributed by atoms with Crippen molar-refractivity contribution in [1.29, 1.82) is 0 Å². The standard InChI is InChI=1S/C17H14ClF3N2O5/c1-27-6-7-28-15-5-3-11(17(19,20)21)9-13(15)22-16(24)10-2-4-12(18)14(8-10)23(25)26/h2-5,8-9H,6-7H2,1H3,(H,22,24). The smallest absolute Gasteiger partial charge is 0.416 e. The van der Waals surface area contributed by atoms with E-state index in [4.69, 9.17) is 21.1 Å². The molecule has 0 aromatic heterocycles. The van der Waals surface area contributed by atoms with Gasteiger partial charge in [0.05, 0.1) is 22.8 Å². The summed E-state index contributed by atoms with van der Waals surface area (Å²) in [6.45, 7) is 0.217. The summed E-state index contributed by atoms with van der Waals surface area (Å²) in [5.41, 5.74) is -1.90.